The lowest BCUT2D eigenvalue weighted by atomic mass is 10.1. The molecule has 1 fully saturated rings. The lowest BCUT2D eigenvalue weighted by Crippen LogP contribution is -2.29. The Balaban J connectivity index is 1.97. The second-order valence-corrected chi connectivity index (χ2v) is 5.96. The number of likely N-dealkylation sites (N-methyl/N-ethyl adjacent to an activating group) is 2. The van der Waals surface area contributed by atoms with Gasteiger partial charge in [-0.1, -0.05) is 12.1 Å². The minimum absolute atomic E-state index is 0.410. The Hall–Kier alpha value is -1.10. The molecule has 0 radical (unpaired) electrons. The fourth-order valence-corrected chi connectivity index (χ4v) is 2.54. The van der Waals surface area contributed by atoms with Gasteiger partial charge in [0.1, 0.15) is 6.23 Å². The lowest BCUT2D eigenvalue weighted by molar-refractivity contribution is 0.0413. The van der Waals surface area contributed by atoms with E-state index in [9.17, 15) is 5.11 Å². The lowest BCUT2D eigenvalue weighted by Gasteiger charge is -2.23. The van der Waals surface area contributed by atoms with Crippen molar-refractivity contribution in [3.8, 4) is 0 Å². The van der Waals surface area contributed by atoms with Crippen LogP contribution in [0.2, 0.25) is 0 Å². The van der Waals surface area contributed by atoms with Crippen molar-refractivity contribution in [3.63, 3.8) is 0 Å². The molecule has 0 aromatic heterocycles. The average molecular weight is 277 g/mol. The van der Waals surface area contributed by atoms with E-state index in [2.05, 4.69) is 41.1 Å². The molecule has 1 aromatic rings. The summed E-state index contributed by atoms with van der Waals surface area (Å²) in [7, 11) is 5.98. The van der Waals surface area contributed by atoms with Crippen LogP contribution in [0.15, 0.2) is 24.3 Å². The molecule has 0 bridgehead atoms. The summed E-state index contributed by atoms with van der Waals surface area (Å²) in [5, 5.41) is 9.87. The smallest absolute Gasteiger partial charge is 0.110 e. The van der Waals surface area contributed by atoms with E-state index in [0.717, 1.165) is 19.6 Å². The van der Waals surface area contributed by atoms with E-state index in [1.54, 1.807) is 0 Å². The van der Waals surface area contributed by atoms with Crippen molar-refractivity contribution in [2.45, 2.75) is 19.1 Å². The van der Waals surface area contributed by atoms with Crippen LogP contribution < -0.4 is 4.90 Å². The van der Waals surface area contributed by atoms with Gasteiger partial charge in [-0.05, 0) is 51.8 Å². The number of hydrogen-bond donors (Lipinski definition) is 1. The molecular weight excluding hydrogens is 250 g/mol. The molecule has 4 heteroatoms. The van der Waals surface area contributed by atoms with E-state index in [1.807, 2.05) is 19.0 Å². The number of hydrogen-bond acceptors (Lipinski definition) is 4. The highest BCUT2D eigenvalue weighted by atomic mass is 16.3. The van der Waals surface area contributed by atoms with Gasteiger partial charge in [0.25, 0.3) is 0 Å². The van der Waals surface area contributed by atoms with Crippen LogP contribution in [0, 0.1) is 0 Å². The first kappa shape index (κ1) is 15.3. The number of aliphatic hydroxyl groups is 1. The van der Waals surface area contributed by atoms with Crippen LogP contribution in [0.1, 0.15) is 12.0 Å². The molecule has 1 aliphatic heterocycles. The van der Waals surface area contributed by atoms with Gasteiger partial charge in [-0.15, -0.1) is 0 Å². The maximum absolute atomic E-state index is 9.87. The van der Waals surface area contributed by atoms with Crippen molar-refractivity contribution in [2.75, 3.05) is 52.2 Å². The number of anilines is 1. The van der Waals surface area contributed by atoms with Gasteiger partial charge < -0.3 is 14.9 Å². The largest absolute Gasteiger partial charge is 0.378 e. The van der Waals surface area contributed by atoms with E-state index in [4.69, 9.17) is 0 Å². The molecule has 0 aliphatic carbocycles. The van der Waals surface area contributed by atoms with E-state index in [1.165, 1.54) is 24.2 Å². The highest BCUT2D eigenvalue weighted by Gasteiger charge is 2.13. The molecule has 1 N–H and O–H groups in total. The Kier molecular flexibility index (Phi) is 5.40. The maximum Gasteiger partial charge on any atom is 0.110 e. The van der Waals surface area contributed by atoms with Crippen molar-refractivity contribution in [1.82, 2.24) is 9.80 Å². The molecule has 2 rings (SSSR count). The number of aliphatic hydroxyl groups excluding tert-OH is 1. The van der Waals surface area contributed by atoms with Crippen molar-refractivity contribution in [2.24, 2.45) is 0 Å². The Morgan fingerprint density at radius 1 is 1.10 bits per heavy atom. The van der Waals surface area contributed by atoms with Gasteiger partial charge in [-0.3, -0.25) is 4.90 Å². The van der Waals surface area contributed by atoms with Crippen molar-refractivity contribution >= 4 is 5.69 Å². The molecule has 1 aromatic carbocycles. The molecule has 1 atom stereocenters. The topological polar surface area (TPSA) is 30.0 Å². The molecule has 0 amide bonds. The SMILES string of the molecule is CN1CCCN(c2ccc(CC(O)N(C)C)cc2)CC1. The fourth-order valence-electron chi connectivity index (χ4n) is 2.54. The molecule has 0 saturated carbocycles. The third kappa shape index (κ3) is 4.20. The number of rotatable bonds is 4. The van der Waals surface area contributed by atoms with Gasteiger partial charge >= 0.3 is 0 Å². The van der Waals surface area contributed by atoms with Crippen LogP contribution in [-0.4, -0.2) is 68.5 Å². The summed E-state index contributed by atoms with van der Waals surface area (Å²) in [6.07, 6.45) is 1.49. The summed E-state index contributed by atoms with van der Waals surface area (Å²) in [4.78, 5) is 6.68. The Morgan fingerprint density at radius 3 is 2.45 bits per heavy atom. The fraction of sp³-hybridized carbons (Fsp3) is 0.625. The van der Waals surface area contributed by atoms with Crippen LogP contribution in [0.5, 0.6) is 0 Å². The quantitative estimate of drug-likeness (QED) is 0.839. The summed E-state index contributed by atoms with van der Waals surface area (Å²) >= 11 is 0. The summed E-state index contributed by atoms with van der Waals surface area (Å²) in [6, 6.07) is 8.64. The molecule has 1 unspecified atom stereocenters. The Bertz CT molecular complexity index is 405. The molecule has 4 nitrogen and oxygen atoms in total. The predicted octanol–water partition coefficient (Wildman–Crippen LogP) is 1.25. The van der Waals surface area contributed by atoms with E-state index >= 15 is 0 Å². The monoisotopic (exact) mass is 277 g/mol. The Labute approximate surface area is 122 Å². The molecule has 1 aliphatic rings. The first-order chi connectivity index (χ1) is 9.56. The minimum Gasteiger partial charge on any atom is -0.378 e. The summed E-state index contributed by atoms with van der Waals surface area (Å²) < 4.78 is 0. The first-order valence-electron chi connectivity index (χ1n) is 7.43. The third-order valence-electron chi connectivity index (χ3n) is 4.04. The molecule has 20 heavy (non-hydrogen) atoms. The number of nitrogens with zero attached hydrogens (tertiary/aromatic N) is 3. The normalized spacial score (nSPS) is 19.1. The van der Waals surface area contributed by atoms with Gasteiger partial charge in [0.15, 0.2) is 0 Å². The average Bonchev–Trinajstić information content (AvgIpc) is 2.64. The van der Waals surface area contributed by atoms with E-state index < -0.39 is 6.23 Å². The van der Waals surface area contributed by atoms with Gasteiger partial charge in [0, 0.05) is 31.7 Å². The third-order valence-corrected chi connectivity index (χ3v) is 4.04. The van der Waals surface area contributed by atoms with E-state index in [0.29, 0.717) is 6.42 Å². The predicted molar refractivity (Wildman–Crippen MR) is 84.2 cm³/mol. The second-order valence-electron chi connectivity index (χ2n) is 5.96. The maximum atomic E-state index is 9.87. The van der Waals surface area contributed by atoms with Crippen LogP contribution in [0.3, 0.4) is 0 Å². The van der Waals surface area contributed by atoms with Crippen molar-refractivity contribution in [1.29, 1.82) is 0 Å². The van der Waals surface area contributed by atoms with Crippen molar-refractivity contribution < 1.29 is 5.11 Å². The standard InChI is InChI=1S/C16H27N3O/c1-17(2)16(20)13-14-5-7-15(8-6-14)19-10-4-9-18(3)11-12-19/h5-8,16,20H,4,9-13H2,1-3H3. The van der Waals surface area contributed by atoms with E-state index in [-0.39, 0.29) is 0 Å². The zero-order valence-electron chi connectivity index (χ0n) is 12.9. The summed E-state index contributed by atoms with van der Waals surface area (Å²) in [5.74, 6) is 0. The van der Waals surface area contributed by atoms with Crippen LogP contribution in [0.4, 0.5) is 5.69 Å². The highest BCUT2D eigenvalue weighted by Crippen LogP contribution is 2.18. The first-order valence-corrected chi connectivity index (χ1v) is 7.43. The van der Waals surface area contributed by atoms with Crippen LogP contribution >= 0.6 is 0 Å². The van der Waals surface area contributed by atoms with Crippen molar-refractivity contribution in [3.05, 3.63) is 29.8 Å². The molecular formula is C16H27N3O. The van der Waals surface area contributed by atoms with Gasteiger partial charge in [-0.2, -0.15) is 0 Å². The van der Waals surface area contributed by atoms with Gasteiger partial charge in [0.2, 0.25) is 0 Å². The van der Waals surface area contributed by atoms with Gasteiger partial charge in [-0.25, -0.2) is 0 Å². The molecule has 0 spiro atoms. The second kappa shape index (κ2) is 7.07. The summed E-state index contributed by atoms with van der Waals surface area (Å²) in [6.45, 7) is 4.53. The highest BCUT2D eigenvalue weighted by molar-refractivity contribution is 5.47. The van der Waals surface area contributed by atoms with Crippen LogP contribution in [0.25, 0.3) is 0 Å². The Morgan fingerprint density at radius 2 is 1.80 bits per heavy atom. The zero-order chi connectivity index (χ0) is 14.5. The minimum atomic E-state index is -0.410. The zero-order valence-corrected chi connectivity index (χ0v) is 12.9. The number of benzene rings is 1. The summed E-state index contributed by atoms with van der Waals surface area (Å²) in [5.41, 5.74) is 2.48. The van der Waals surface area contributed by atoms with Gasteiger partial charge in [0.05, 0.1) is 0 Å². The molecule has 112 valence electrons. The molecule has 1 saturated heterocycles. The van der Waals surface area contributed by atoms with Crippen LogP contribution in [-0.2, 0) is 6.42 Å². The molecule has 1 heterocycles.